The van der Waals surface area contributed by atoms with E-state index in [1.54, 1.807) is 24.3 Å². The summed E-state index contributed by atoms with van der Waals surface area (Å²) in [4.78, 5) is 14.5. The minimum Gasteiger partial charge on any atom is -1.00 e. The van der Waals surface area contributed by atoms with Gasteiger partial charge in [-0.05, 0) is 62.7 Å². The summed E-state index contributed by atoms with van der Waals surface area (Å²) in [7, 11) is 0. The Bertz CT molecular complexity index is 886. The van der Waals surface area contributed by atoms with Crippen LogP contribution in [0.15, 0.2) is 54.2 Å². The van der Waals surface area contributed by atoms with Crippen molar-refractivity contribution in [3.8, 4) is 6.07 Å². The number of amides is 1. The number of halogens is 2. The number of carbonyl (C=O) groups is 1. The first kappa shape index (κ1) is 23.4. The first-order valence-electron chi connectivity index (χ1n) is 8.77. The quantitative estimate of drug-likeness (QED) is 0.533. The fourth-order valence-electron chi connectivity index (χ4n) is 2.66. The zero-order chi connectivity index (χ0) is 19.8. The molecular weight excluding hydrogens is 395 g/mol. The van der Waals surface area contributed by atoms with Crippen molar-refractivity contribution >= 4 is 34.6 Å². The Hall–Kier alpha value is -2.68. The Labute approximate surface area is 177 Å². The summed E-state index contributed by atoms with van der Waals surface area (Å²) < 4.78 is 0. The molecule has 0 aliphatic carbocycles. The fraction of sp³-hybridized carbons (Fsp3) is 0.238. The van der Waals surface area contributed by atoms with E-state index in [-0.39, 0.29) is 18.0 Å². The average Bonchev–Trinajstić information content (AvgIpc) is 2.64. The summed E-state index contributed by atoms with van der Waals surface area (Å²) in [6, 6.07) is 14.7. The standard InChI is InChI=1S/C21H23ClN4O.ClH/c1-4-26(5-2)19-9-10-20(15(3)11-19)24-14-16(13-23)21(27)25-18-8-6-7-17(22)12-18;/h6-12,14,24H,4-5H2,1-3H3,(H,25,27);1H/p-1/b16-14-;. The van der Waals surface area contributed by atoms with E-state index in [9.17, 15) is 10.1 Å². The number of anilines is 3. The van der Waals surface area contributed by atoms with Crippen molar-refractivity contribution in [1.82, 2.24) is 0 Å². The molecule has 0 spiro atoms. The Kier molecular flexibility index (Phi) is 9.37. The molecule has 0 saturated heterocycles. The highest BCUT2D eigenvalue weighted by atomic mass is 35.5. The highest BCUT2D eigenvalue weighted by Crippen LogP contribution is 2.23. The zero-order valence-electron chi connectivity index (χ0n) is 16.1. The SMILES string of the molecule is CCN(CC)c1ccc(N/C=C(/C#N)C(=O)Nc2cccc(Cl)c2)c(C)c1.[Cl-]. The van der Waals surface area contributed by atoms with Gasteiger partial charge in [0.1, 0.15) is 11.6 Å². The molecule has 0 aliphatic heterocycles. The predicted octanol–water partition coefficient (Wildman–Crippen LogP) is 1.96. The molecule has 0 saturated carbocycles. The smallest absolute Gasteiger partial charge is 0.267 e. The Morgan fingerprint density at radius 2 is 1.93 bits per heavy atom. The van der Waals surface area contributed by atoms with Gasteiger partial charge in [0, 0.05) is 41.4 Å². The van der Waals surface area contributed by atoms with Crippen LogP contribution >= 0.6 is 11.6 Å². The summed E-state index contributed by atoms with van der Waals surface area (Å²) in [6.45, 7) is 8.09. The van der Waals surface area contributed by atoms with Crippen LogP contribution in [0, 0.1) is 18.3 Å². The van der Waals surface area contributed by atoms with Gasteiger partial charge in [0.15, 0.2) is 0 Å². The van der Waals surface area contributed by atoms with Crippen LogP contribution in [-0.4, -0.2) is 19.0 Å². The van der Waals surface area contributed by atoms with E-state index in [4.69, 9.17) is 11.6 Å². The van der Waals surface area contributed by atoms with Crippen molar-refractivity contribution in [3.05, 3.63) is 64.8 Å². The van der Waals surface area contributed by atoms with Gasteiger partial charge in [-0.25, -0.2) is 0 Å². The number of aryl methyl sites for hydroxylation is 1. The molecule has 1 amide bonds. The van der Waals surface area contributed by atoms with Crippen molar-refractivity contribution < 1.29 is 17.2 Å². The van der Waals surface area contributed by atoms with Gasteiger partial charge in [-0.15, -0.1) is 0 Å². The molecule has 2 N–H and O–H groups in total. The van der Waals surface area contributed by atoms with Crippen molar-refractivity contribution in [3.63, 3.8) is 0 Å². The average molecular weight is 418 g/mol. The molecule has 0 bridgehead atoms. The van der Waals surface area contributed by atoms with Crippen LogP contribution in [0.25, 0.3) is 0 Å². The van der Waals surface area contributed by atoms with Gasteiger partial charge in [-0.3, -0.25) is 4.79 Å². The van der Waals surface area contributed by atoms with Crippen LogP contribution in [0.3, 0.4) is 0 Å². The highest BCUT2D eigenvalue weighted by molar-refractivity contribution is 6.31. The number of hydrogen-bond acceptors (Lipinski definition) is 4. The van der Waals surface area contributed by atoms with Crippen molar-refractivity contribution in [2.24, 2.45) is 0 Å². The molecule has 0 radical (unpaired) electrons. The lowest BCUT2D eigenvalue weighted by Gasteiger charge is -2.22. The topological polar surface area (TPSA) is 68.2 Å². The van der Waals surface area contributed by atoms with E-state index in [1.807, 2.05) is 25.1 Å². The maximum atomic E-state index is 12.3. The lowest BCUT2D eigenvalue weighted by atomic mass is 10.1. The molecule has 5 nitrogen and oxygen atoms in total. The molecule has 0 aromatic heterocycles. The number of benzene rings is 2. The van der Waals surface area contributed by atoms with Crippen molar-refractivity contribution in [1.29, 1.82) is 5.26 Å². The number of rotatable bonds is 7. The number of nitrogens with one attached hydrogen (secondary N) is 2. The molecular formula is C21H23Cl2N4O-. The Balaban J connectivity index is 0.00000392. The molecule has 2 aromatic rings. The third-order valence-electron chi connectivity index (χ3n) is 4.16. The second kappa shape index (κ2) is 11.2. The molecule has 2 rings (SSSR count). The molecule has 0 fully saturated rings. The summed E-state index contributed by atoms with van der Waals surface area (Å²) in [5.74, 6) is -0.496. The van der Waals surface area contributed by atoms with Crippen LogP contribution in [0.5, 0.6) is 0 Å². The van der Waals surface area contributed by atoms with Gasteiger partial charge in [0.25, 0.3) is 5.91 Å². The van der Waals surface area contributed by atoms with E-state index in [1.165, 1.54) is 6.20 Å². The zero-order valence-corrected chi connectivity index (χ0v) is 17.6. The van der Waals surface area contributed by atoms with Gasteiger partial charge < -0.3 is 27.9 Å². The normalized spacial score (nSPS) is 10.5. The van der Waals surface area contributed by atoms with Crippen LogP contribution in [0.1, 0.15) is 19.4 Å². The van der Waals surface area contributed by atoms with E-state index in [2.05, 4.69) is 35.4 Å². The summed E-state index contributed by atoms with van der Waals surface area (Å²) >= 11 is 5.91. The second-order valence-electron chi connectivity index (χ2n) is 5.95. The maximum absolute atomic E-state index is 12.3. The molecule has 28 heavy (non-hydrogen) atoms. The molecule has 148 valence electrons. The number of carbonyl (C=O) groups excluding carboxylic acids is 1. The lowest BCUT2D eigenvalue weighted by Crippen LogP contribution is -3.00. The largest absolute Gasteiger partial charge is 1.00 e. The number of nitrogens with zero attached hydrogens (tertiary/aromatic N) is 2. The van der Waals surface area contributed by atoms with Crippen LogP contribution in [0.2, 0.25) is 5.02 Å². The Morgan fingerprint density at radius 1 is 1.21 bits per heavy atom. The van der Waals surface area contributed by atoms with E-state index in [0.29, 0.717) is 10.7 Å². The van der Waals surface area contributed by atoms with Crippen molar-refractivity contribution in [2.75, 3.05) is 28.6 Å². The number of hydrogen-bond donors (Lipinski definition) is 2. The minimum atomic E-state index is -0.496. The monoisotopic (exact) mass is 417 g/mol. The lowest BCUT2D eigenvalue weighted by molar-refractivity contribution is -0.112. The second-order valence-corrected chi connectivity index (χ2v) is 6.39. The maximum Gasteiger partial charge on any atom is 0.267 e. The van der Waals surface area contributed by atoms with E-state index < -0.39 is 5.91 Å². The molecule has 0 unspecified atom stereocenters. The Morgan fingerprint density at radius 3 is 2.50 bits per heavy atom. The molecule has 0 atom stereocenters. The summed E-state index contributed by atoms with van der Waals surface area (Å²) in [6.07, 6.45) is 1.42. The molecule has 7 heteroatoms. The van der Waals surface area contributed by atoms with Crippen LogP contribution in [-0.2, 0) is 4.79 Å². The third kappa shape index (κ3) is 6.19. The van der Waals surface area contributed by atoms with Gasteiger partial charge >= 0.3 is 0 Å². The molecule has 0 aliphatic rings. The number of nitriles is 1. The van der Waals surface area contributed by atoms with Crippen LogP contribution in [0.4, 0.5) is 17.1 Å². The van der Waals surface area contributed by atoms with Gasteiger partial charge in [0.05, 0.1) is 0 Å². The highest BCUT2D eigenvalue weighted by Gasteiger charge is 2.10. The molecule has 2 aromatic carbocycles. The van der Waals surface area contributed by atoms with E-state index in [0.717, 1.165) is 30.0 Å². The van der Waals surface area contributed by atoms with Gasteiger partial charge in [-0.1, -0.05) is 17.7 Å². The van der Waals surface area contributed by atoms with Crippen molar-refractivity contribution in [2.45, 2.75) is 20.8 Å². The third-order valence-corrected chi connectivity index (χ3v) is 4.39. The van der Waals surface area contributed by atoms with Gasteiger partial charge in [-0.2, -0.15) is 5.26 Å². The van der Waals surface area contributed by atoms with Gasteiger partial charge in [0.2, 0.25) is 0 Å². The van der Waals surface area contributed by atoms with E-state index >= 15 is 0 Å². The molecule has 0 heterocycles. The van der Waals surface area contributed by atoms with Crippen LogP contribution < -0.4 is 27.9 Å². The minimum absolute atomic E-state index is 0. The summed E-state index contributed by atoms with van der Waals surface area (Å²) in [5, 5.41) is 15.5. The first-order chi connectivity index (χ1) is 13.0. The fourth-order valence-corrected chi connectivity index (χ4v) is 2.85. The predicted molar refractivity (Wildman–Crippen MR) is 112 cm³/mol. The summed E-state index contributed by atoms with van der Waals surface area (Å²) in [5.41, 5.74) is 3.53. The first-order valence-corrected chi connectivity index (χ1v) is 9.15.